The van der Waals surface area contributed by atoms with Crippen molar-refractivity contribution in [2.45, 2.75) is 83.3 Å². The summed E-state index contributed by atoms with van der Waals surface area (Å²) >= 11 is 0. The average Bonchev–Trinajstić information content (AvgIpc) is 3.62. The van der Waals surface area contributed by atoms with Gasteiger partial charge in [0.1, 0.15) is 36.7 Å². The van der Waals surface area contributed by atoms with E-state index in [-0.39, 0.29) is 66.2 Å². The van der Waals surface area contributed by atoms with Crippen molar-refractivity contribution in [1.82, 2.24) is 24.6 Å². The maximum absolute atomic E-state index is 14.8. The molecule has 43 heavy (non-hydrogen) atoms. The first-order valence-corrected chi connectivity index (χ1v) is 18.3. The summed E-state index contributed by atoms with van der Waals surface area (Å²) in [6.45, 7) is 8.65. The number of alkyl halides is 3. The van der Waals surface area contributed by atoms with E-state index >= 15 is 0 Å². The monoisotopic (exact) mass is 624 g/mol. The first-order valence-electron chi connectivity index (χ1n) is 14.6. The lowest BCUT2D eigenvalue weighted by atomic mass is 10.0. The summed E-state index contributed by atoms with van der Waals surface area (Å²) < 4.78 is 77.9. The molecular formula is C29H37F5N6O2Si. The van der Waals surface area contributed by atoms with Crippen molar-refractivity contribution in [1.29, 1.82) is 0 Å². The molecule has 0 radical (unpaired) electrons. The van der Waals surface area contributed by atoms with Gasteiger partial charge in [-0.25, -0.2) is 36.6 Å². The number of hydrogen-bond acceptors (Lipinski definition) is 6. The third kappa shape index (κ3) is 6.84. The van der Waals surface area contributed by atoms with Crippen molar-refractivity contribution in [2.24, 2.45) is 11.8 Å². The summed E-state index contributed by atoms with van der Waals surface area (Å²) in [4.78, 5) is 24.0. The Morgan fingerprint density at radius 3 is 2.63 bits per heavy atom. The fourth-order valence-electron chi connectivity index (χ4n) is 5.98. The Balaban J connectivity index is 1.52. The van der Waals surface area contributed by atoms with Gasteiger partial charge in [-0.05, 0) is 43.0 Å². The van der Waals surface area contributed by atoms with E-state index in [4.69, 9.17) is 4.74 Å². The molecule has 2 aliphatic rings. The quantitative estimate of drug-likeness (QED) is 0.159. The molecule has 0 unspecified atom stereocenters. The molecule has 3 heterocycles. The highest BCUT2D eigenvalue weighted by molar-refractivity contribution is 6.76. The van der Waals surface area contributed by atoms with Crippen LogP contribution in [0.2, 0.25) is 25.7 Å². The molecule has 1 aliphatic carbocycles. The lowest BCUT2D eigenvalue weighted by Crippen LogP contribution is -2.32. The van der Waals surface area contributed by atoms with Gasteiger partial charge in [0.2, 0.25) is 6.43 Å². The highest BCUT2D eigenvalue weighted by Gasteiger charge is 2.41. The molecule has 1 saturated heterocycles. The number of fused-ring (bicyclic) bond motifs is 1. The van der Waals surface area contributed by atoms with Gasteiger partial charge >= 0.3 is 0 Å². The van der Waals surface area contributed by atoms with Gasteiger partial charge in [-0.2, -0.15) is 5.10 Å². The molecular weight excluding hydrogens is 587 g/mol. The minimum Gasteiger partial charge on any atom is -0.366 e. The number of carbonyl (C=O) groups excluding carboxylic acids is 1. The summed E-state index contributed by atoms with van der Waals surface area (Å²) in [5.74, 6) is -2.78. The largest absolute Gasteiger partial charge is 0.366 e. The minimum atomic E-state index is -2.45. The molecule has 1 aliphatic heterocycles. The maximum Gasteiger partial charge on any atom is 0.275 e. The molecule has 5 rings (SSSR count). The number of anilines is 1. The number of likely N-dealkylation sites (tertiary alicyclic amines) is 1. The number of halogens is 5. The van der Waals surface area contributed by atoms with Crippen LogP contribution in [0.25, 0.3) is 11.0 Å². The summed E-state index contributed by atoms with van der Waals surface area (Å²) in [6.07, 6.45) is -2.27. The van der Waals surface area contributed by atoms with E-state index in [1.165, 1.54) is 11.0 Å². The molecule has 3 aromatic rings. The molecule has 234 valence electrons. The summed E-state index contributed by atoms with van der Waals surface area (Å²) in [5.41, 5.74) is 0.0348. The highest BCUT2D eigenvalue weighted by atomic mass is 28.3. The van der Waals surface area contributed by atoms with E-state index in [1.807, 2.05) is 6.92 Å². The Morgan fingerprint density at radius 1 is 1.16 bits per heavy atom. The number of rotatable bonds is 10. The molecule has 1 N–H and O–H groups in total. The predicted molar refractivity (Wildman–Crippen MR) is 154 cm³/mol. The van der Waals surface area contributed by atoms with Crippen LogP contribution in [-0.4, -0.2) is 70.4 Å². The first-order chi connectivity index (χ1) is 20.3. The molecule has 1 amide bonds. The van der Waals surface area contributed by atoms with Gasteiger partial charge in [0.25, 0.3) is 5.91 Å². The van der Waals surface area contributed by atoms with Crippen LogP contribution in [0.1, 0.15) is 48.3 Å². The van der Waals surface area contributed by atoms with Gasteiger partial charge in [0, 0.05) is 38.6 Å². The van der Waals surface area contributed by atoms with Gasteiger partial charge in [0.05, 0.1) is 18.0 Å². The van der Waals surface area contributed by atoms with Gasteiger partial charge in [-0.1, -0.05) is 26.6 Å². The Labute approximate surface area is 248 Å². The highest BCUT2D eigenvalue weighted by Crippen LogP contribution is 2.39. The Hall–Kier alpha value is -3.13. The Kier molecular flexibility index (Phi) is 9.07. The molecule has 1 aromatic carbocycles. The van der Waals surface area contributed by atoms with Crippen molar-refractivity contribution in [3.8, 4) is 0 Å². The fraction of sp³-hybridized carbons (Fsp3) is 0.586. The van der Waals surface area contributed by atoms with Gasteiger partial charge < -0.3 is 15.0 Å². The molecule has 14 heteroatoms. The molecule has 0 bridgehead atoms. The van der Waals surface area contributed by atoms with Crippen molar-refractivity contribution >= 4 is 30.8 Å². The van der Waals surface area contributed by atoms with Gasteiger partial charge in [-0.15, -0.1) is 0 Å². The van der Waals surface area contributed by atoms with Crippen molar-refractivity contribution in [3.05, 3.63) is 47.4 Å². The Morgan fingerprint density at radius 2 is 1.93 bits per heavy atom. The van der Waals surface area contributed by atoms with Crippen LogP contribution in [0.5, 0.6) is 0 Å². The number of ether oxygens (including phenoxy) is 1. The third-order valence-electron chi connectivity index (χ3n) is 8.37. The van der Waals surface area contributed by atoms with E-state index in [0.29, 0.717) is 13.0 Å². The lowest BCUT2D eigenvalue weighted by Gasteiger charge is -2.24. The first kappa shape index (κ1) is 31.3. The number of nitrogens with one attached hydrogen (secondary N) is 1. The number of hydrogen-bond donors (Lipinski definition) is 1. The van der Waals surface area contributed by atoms with E-state index in [1.54, 1.807) is 0 Å². The number of carbonyl (C=O) groups is 1. The molecule has 8 nitrogen and oxygen atoms in total. The number of aromatic nitrogens is 4. The van der Waals surface area contributed by atoms with Crippen LogP contribution in [0.4, 0.5) is 27.8 Å². The van der Waals surface area contributed by atoms with E-state index in [0.717, 1.165) is 29.1 Å². The second kappa shape index (κ2) is 12.5. The maximum atomic E-state index is 14.8. The van der Waals surface area contributed by atoms with Crippen molar-refractivity contribution < 1.29 is 31.5 Å². The number of amides is 1. The zero-order chi connectivity index (χ0) is 31.1. The Bertz CT molecular complexity index is 1470. The minimum absolute atomic E-state index is 0.0221. The average molecular weight is 625 g/mol. The lowest BCUT2D eigenvalue weighted by molar-refractivity contribution is 0.0702. The fourth-order valence-corrected chi connectivity index (χ4v) is 6.73. The number of nitrogens with zero attached hydrogens (tertiary/aromatic N) is 5. The van der Waals surface area contributed by atoms with Crippen molar-refractivity contribution in [3.63, 3.8) is 0 Å². The zero-order valence-corrected chi connectivity index (χ0v) is 25.7. The standard InChI is InChI=1S/C29H37F5N6O2Si/c1-16-9-17(26(33)34)10-22(16)37-27-24-25(38-40(28(24)36-14-35-27)15-42-7-8-43(2,3)4)29(41)39-13-19(31)12-23(39)20-11-18(30)5-6-21(20)32/h5-6,11,14,16-17,19,22-23,26H,7-10,12-13,15H2,1-4H3,(H,35,36,37)/t16-,17+,19+,22-,23-/m1/s1. The topological polar surface area (TPSA) is 85.2 Å². The predicted octanol–water partition coefficient (Wildman–Crippen LogP) is 6.43. The second-order valence-electron chi connectivity index (χ2n) is 12.9. The number of benzene rings is 1. The van der Waals surface area contributed by atoms with E-state index in [2.05, 4.69) is 40.0 Å². The van der Waals surface area contributed by atoms with Crippen LogP contribution in [0.15, 0.2) is 24.5 Å². The van der Waals surface area contributed by atoms with Gasteiger partial charge in [-0.3, -0.25) is 4.79 Å². The molecule has 0 spiro atoms. The van der Waals surface area contributed by atoms with Crippen LogP contribution >= 0.6 is 0 Å². The third-order valence-corrected chi connectivity index (χ3v) is 10.1. The van der Waals surface area contributed by atoms with E-state index in [9.17, 15) is 26.7 Å². The molecule has 2 fully saturated rings. The van der Waals surface area contributed by atoms with Crippen LogP contribution < -0.4 is 5.32 Å². The smallest absolute Gasteiger partial charge is 0.275 e. The van der Waals surface area contributed by atoms with Crippen LogP contribution in [-0.2, 0) is 11.5 Å². The molecule has 2 aromatic heterocycles. The summed E-state index contributed by atoms with van der Waals surface area (Å²) in [5, 5.41) is 7.99. The SMILES string of the molecule is C[C@@H]1C[C@H](C(F)F)C[C@H]1Nc1ncnc2c1c(C(=O)N1C[C@@H](F)C[C@@H]1c1cc(F)ccc1F)nn2COCC[Si](C)(C)C. The normalized spacial score (nSPS) is 24.4. The second-order valence-corrected chi connectivity index (χ2v) is 18.5. The van der Waals surface area contributed by atoms with Gasteiger partial charge in [0.15, 0.2) is 11.3 Å². The van der Waals surface area contributed by atoms with Crippen LogP contribution in [0, 0.1) is 23.5 Å². The summed E-state index contributed by atoms with van der Waals surface area (Å²) in [7, 11) is -1.38. The molecule has 5 atom stereocenters. The van der Waals surface area contributed by atoms with Crippen molar-refractivity contribution in [2.75, 3.05) is 18.5 Å². The summed E-state index contributed by atoms with van der Waals surface area (Å²) in [6, 6.07) is 2.38. The van der Waals surface area contributed by atoms with E-state index < -0.39 is 50.2 Å². The zero-order valence-electron chi connectivity index (χ0n) is 24.7. The van der Waals surface area contributed by atoms with Crippen LogP contribution in [0.3, 0.4) is 0 Å². The molecule has 1 saturated carbocycles.